The SMILES string of the molecule is CC(C)(C)OC(=O)N1CCOCC1C(N)C1CCOC1. The smallest absolute Gasteiger partial charge is 0.410 e. The van der Waals surface area contributed by atoms with E-state index in [9.17, 15) is 4.79 Å². The third-order valence-electron chi connectivity index (χ3n) is 3.75. The molecule has 2 N–H and O–H groups in total. The van der Waals surface area contributed by atoms with Crippen molar-refractivity contribution in [3.63, 3.8) is 0 Å². The van der Waals surface area contributed by atoms with Gasteiger partial charge < -0.3 is 19.9 Å². The first-order valence-corrected chi connectivity index (χ1v) is 7.29. The highest BCUT2D eigenvalue weighted by Gasteiger charge is 2.38. The highest BCUT2D eigenvalue weighted by atomic mass is 16.6. The number of hydrogen-bond acceptors (Lipinski definition) is 5. The van der Waals surface area contributed by atoms with Gasteiger partial charge in [0.25, 0.3) is 0 Å². The molecule has 0 spiro atoms. The van der Waals surface area contributed by atoms with Gasteiger partial charge in [-0.05, 0) is 27.2 Å². The Morgan fingerprint density at radius 2 is 2.00 bits per heavy atom. The molecule has 1 amide bonds. The first-order chi connectivity index (χ1) is 9.38. The van der Waals surface area contributed by atoms with Crippen molar-refractivity contribution < 1.29 is 19.0 Å². The van der Waals surface area contributed by atoms with E-state index in [1.807, 2.05) is 20.8 Å². The molecule has 6 nitrogen and oxygen atoms in total. The molecule has 2 rings (SSSR count). The van der Waals surface area contributed by atoms with Crippen LogP contribution in [-0.4, -0.2) is 61.7 Å². The molecule has 0 aromatic rings. The van der Waals surface area contributed by atoms with Gasteiger partial charge in [0, 0.05) is 25.1 Å². The minimum Gasteiger partial charge on any atom is -0.444 e. The summed E-state index contributed by atoms with van der Waals surface area (Å²) in [6.45, 7) is 8.54. The Bertz CT molecular complexity index is 337. The van der Waals surface area contributed by atoms with Gasteiger partial charge in [0.2, 0.25) is 0 Å². The summed E-state index contributed by atoms with van der Waals surface area (Å²) in [6, 6.07) is -0.268. The van der Waals surface area contributed by atoms with Crippen LogP contribution in [0.5, 0.6) is 0 Å². The Hall–Kier alpha value is -0.850. The van der Waals surface area contributed by atoms with Gasteiger partial charge in [0.15, 0.2) is 0 Å². The Balaban J connectivity index is 2.02. The van der Waals surface area contributed by atoms with Crippen LogP contribution in [0.25, 0.3) is 0 Å². The predicted molar refractivity (Wildman–Crippen MR) is 74.4 cm³/mol. The molecule has 116 valence electrons. The summed E-state index contributed by atoms with van der Waals surface area (Å²) in [5.74, 6) is 0.284. The molecule has 2 aliphatic rings. The van der Waals surface area contributed by atoms with Crippen molar-refractivity contribution in [1.82, 2.24) is 4.90 Å². The molecule has 3 unspecified atom stereocenters. The quantitative estimate of drug-likeness (QED) is 0.819. The van der Waals surface area contributed by atoms with Gasteiger partial charge in [0.1, 0.15) is 5.60 Å². The van der Waals surface area contributed by atoms with Crippen LogP contribution >= 0.6 is 0 Å². The fourth-order valence-electron chi connectivity index (χ4n) is 2.66. The second-order valence-corrected chi connectivity index (χ2v) is 6.52. The molecule has 2 heterocycles. The number of rotatable bonds is 2. The Kier molecular flexibility index (Phi) is 4.88. The maximum absolute atomic E-state index is 12.3. The van der Waals surface area contributed by atoms with Gasteiger partial charge in [0.05, 0.1) is 25.9 Å². The van der Waals surface area contributed by atoms with Crippen LogP contribution in [0.1, 0.15) is 27.2 Å². The zero-order valence-corrected chi connectivity index (χ0v) is 12.6. The monoisotopic (exact) mass is 286 g/mol. The lowest BCUT2D eigenvalue weighted by molar-refractivity contribution is -0.0426. The van der Waals surface area contributed by atoms with Crippen LogP contribution in [0.4, 0.5) is 4.79 Å². The normalized spacial score (nSPS) is 29.3. The van der Waals surface area contributed by atoms with Crippen molar-refractivity contribution in [3.8, 4) is 0 Å². The van der Waals surface area contributed by atoms with E-state index in [0.717, 1.165) is 13.0 Å². The third-order valence-corrected chi connectivity index (χ3v) is 3.75. The molecule has 2 fully saturated rings. The van der Waals surface area contributed by atoms with E-state index in [1.165, 1.54) is 0 Å². The lowest BCUT2D eigenvalue weighted by atomic mass is 9.92. The topological polar surface area (TPSA) is 74.0 Å². The molecule has 0 bridgehead atoms. The van der Waals surface area contributed by atoms with E-state index in [4.69, 9.17) is 19.9 Å². The fraction of sp³-hybridized carbons (Fsp3) is 0.929. The highest BCUT2D eigenvalue weighted by molar-refractivity contribution is 5.68. The number of carbonyl (C=O) groups excluding carboxylic acids is 1. The van der Waals surface area contributed by atoms with Crippen molar-refractivity contribution in [1.29, 1.82) is 0 Å². The summed E-state index contributed by atoms with van der Waals surface area (Å²) in [5.41, 5.74) is 5.84. The van der Waals surface area contributed by atoms with E-state index in [0.29, 0.717) is 26.4 Å². The number of carbonyl (C=O) groups is 1. The van der Waals surface area contributed by atoms with E-state index in [1.54, 1.807) is 4.90 Å². The number of ether oxygens (including phenoxy) is 3. The van der Waals surface area contributed by atoms with E-state index < -0.39 is 5.60 Å². The van der Waals surface area contributed by atoms with Crippen LogP contribution in [0, 0.1) is 5.92 Å². The molecule has 0 aliphatic carbocycles. The summed E-state index contributed by atoms with van der Waals surface area (Å²) in [7, 11) is 0. The second kappa shape index (κ2) is 6.28. The Labute approximate surface area is 120 Å². The van der Waals surface area contributed by atoms with Gasteiger partial charge >= 0.3 is 6.09 Å². The third kappa shape index (κ3) is 3.84. The number of nitrogens with two attached hydrogens (primary N) is 1. The zero-order chi connectivity index (χ0) is 14.8. The fourth-order valence-corrected chi connectivity index (χ4v) is 2.66. The van der Waals surface area contributed by atoms with Gasteiger partial charge in [-0.1, -0.05) is 0 Å². The van der Waals surface area contributed by atoms with Crippen LogP contribution < -0.4 is 5.73 Å². The van der Waals surface area contributed by atoms with Crippen molar-refractivity contribution in [2.45, 2.75) is 44.9 Å². The van der Waals surface area contributed by atoms with E-state index >= 15 is 0 Å². The molecule has 0 radical (unpaired) electrons. The molecule has 2 saturated heterocycles. The van der Waals surface area contributed by atoms with Gasteiger partial charge in [-0.2, -0.15) is 0 Å². The molecule has 6 heteroatoms. The minimum absolute atomic E-state index is 0.134. The van der Waals surface area contributed by atoms with Crippen molar-refractivity contribution in [3.05, 3.63) is 0 Å². The maximum atomic E-state index is 12.3. The van der Waals surface area contributed by atoms with E-state index in [2.05, 4.69) is 0 Å². The Morgan fingerprint density at radius 1 is 1.30 bits per heavy atom. The number of nitrogens with zero attached hydrogens (tertiary/aromatic N) is 1. The van der Waals surface area contributed by atoms with Crippen LogP contribution in [0.15, 0.2) is 0 Å². The standard InChI is InChI=1S/C14H26N2O4/c1-14(2,3)20-13(17)16-5-7-19-9-11(16)12(15)10-4-6-18-8-10/h10-12H,4-9,15H2,1-3H3. The zero-order valence-electron chi connectivity index (χ0n) is 12.6. The molecular formula is C14H26N2O4. The molecule has 0 saturated carbocycles. The van der Waals surface area contributed by atoms with Crippen molar-refractivity contribution >= 4 is 6.09 Å². The summed E-state index contributed by atoms with van der Waals surface area (Å²) >= 11 is 0. The van der Waals surface area contributed by atoms with Gasteiger partial charge in [-0.3, -0.25) is 4.90 Å². The van der Waals surface area contributed by atoms with E-state index in [-0.39, 0.29) is 24.1 Å². The van der Waals surface area contributed by atoms with Gasteiger partial charge in [-0.15, -0.1) is 0 Å². The average Bonchev–Trinajstić information content (AvgIpc) is 2.89. The number of hydrogen-bond donors (Lipinski definition) is 1. The highest BCUT2D eigenvalue weighted by Crippen LogP contribution is 2.23. The number of morpholine rings is 1. The molecule has 3 atom stereocenters. The second-order valence-electron chi connectivity index (χ2n) is 6.52. The van der Waals surface area contributed by atoms with Crippen molar-refractivity contribution in [2.75, 3.05) is 33.0 Å². The molecular weight excluding hydrogens is 260 g/mol. The predicted octanol–water partition coefficient (Wildman–Crippen LogP) is 0.986. The first kappa shape index (κ1) is 15.5. The summed E-state index contributed by atoms with van der Waals surface area (Å²) in [4.78, 5) is 14.0. The van der Waals surface area contributed by atoms with Gasteiger partial charge in [-0.25, -0.2) is 4.79 Å². The van der Waals surface area contributed by atoms with Crippen LogP contribution in [0.2, 0.25) is 0 Å². The molecule has 0 aromatic heterocycles. The molecule has 2 aliphatic heterocycles. The minimum atomic E-state index is -0.500. The van der Waals surface area contributed by atoms with Crippen LogP contribution in [-0.2, 0) is 14.2 Å². The van der Waals surface area contributed by atoms with Crippen LogP contribution in [0.3, 0.4) is 0 Å². The lowest BCUT2D eigenvalue weighted by Gasteiger charge is -2.40. The molecule has 20 heavy (non-hydrogen) atoms. The summed E-state index contributed by atoms with van der Waals surface area (Å²) in [5, 5.41) is 0. The summed E-state index contributed by atoms with van der Waals surface area (Å²) in [6.07, 6.45) is 0.639. The summed E-state index contributed by atoms with van der Waals surface area (Å²) < 4.78 is 16.4. The van der Waals surface area contributed by atoms with Crippen molar-refractivity contribution in [2.24, 2.45) is 11.7 Å². The number of amides is 1. The molecule has 0 aromatic carbocycles. The Morgan fingerprint density at radius 3 is 2.60 bits per heavy atom. The maximum Gasteiger partial charge on any atom is 0.410 e. The lowest BCUT2D eigenvalue weighted by Crippen LogP contribution is -2.59. The average molecular weight is 286 g/mol. The first-order valence-electron chi connectivity index (χ1n) is 7.29. The largest absolute Gasteiger partial charge is 0.444 e.